The molecule has 5 heteroatoms. The van der Waals surface area contributed by atoms with Gasteiger partial charge in [-0.15, -0.1) is 0 Å². The van der Waals surface area contributed by atoms with Crippen molar-refractivity contribution in [2.75, 3.05) is 33.4 Å². The lowest BCUT2D eigenvalue weighted by Crippen LogP contribution is -2.30. The number of carboxylic acids is 1. The standard InChI is InChI=1S/C16H23NO4/c1-17(12-15-4-2-10-21-15)9-3-11-20-14-7-5-13(6-8-14)16(18)19/h5-8,15H,2-4,9-12H2,1H3,(H,18,19). The topological polar surface area (TPSA) is 59.0 Å². The average molecular weight is 293 g/mol. The van der Waals surface area contributed by atoms with Crippen molar-refractivity contribution in [3.63, 3.8) is 0 Å². The van der Waals surface area contributed by atoms with Crippen molar-refractivity contribution in [1.82, 2.24) is 4.90 Å². The SMILES string of the molecule is CN(CCCOc1ccc(C(=O)O)cc1)CC1CCCO1. The fourth-order valence-corrected chi connectivity index (χ4v) is 2.45. The lowest BCUT2D eigenvalue weighted by atomic mass is 10.2. The molecule has 1 atom stereocenters. The van der Waals surface area contributed by atoms with Crippen LogP contribution in [0.5, 0.6) is 5.75 Å². The van der Waals surface area contributed by atoms with Crippen molar-refractivity contribution in [3.8, 4) is 5.75 Å². The quantitative estimate of drug-likeness (QED) is 0.745. The Hall–Kier alpha value is -1.59. The van der Waals surface area contributed by atoms with Crippen LogP contribution >= 0.6 is 0 Å². The molecule has 0 aromatic heterocycles. The Kier molecular flexibility index (Phi) is 6.02. The highest BCUT2D eigenvalue weighted by Gasteiger charge is 2.16. The zero-order valence-corrected chi connectivity index (χ0v) is 12.5. The number of carbonyl (C=O) groups is 1. The number of nitrogens with zero attached hydrogens (tertiary/aromatic N) is 1. The van der Waals surface area contributed by atoms with E-state index >= 15 is 0 Å². The largest absolute Gasteiger partial charge is 0.494 e. The minimum atomic E-state index is -0.919. The van der Waals surface area contributed by atoms with Gasteiger partial charge in [-0.1, -0.05) is 0 Å². The van der Waals surface area contributed by atoms with Crippen LogP contribution in [0, 0.1) is 0 Å². The Bertz CT molecular complexity index is 440. The first-order chi connectivity index (χ1) is 10.1. The van der Waals surface area contributed by atoms with Gasteiger partial charge in [-0.05, 0) is 50.6 Å². The number of ether oxygens (including phenoxy) is 2. The Morgan fingerprint density at radius 2 is 2.19 bits per heavy atom. The van der Waals surface area contributed by atoms with Gasteiger partial charge in [0.25, 0.3) is 0 Å². The molecule has 1 saturated heterocycles. The summed E-state index contributed by atoms with van der Waals surface area (Å²) in [5, 5.41) is 8.81. The first kappa shape index (κ1) is 15.8. The molecule has 1 N–H and O–H groups in total. The van der Waals surface area contributed by atoms with E-state index < -0.39 is 5.97 Å². The number of rotatable bonds is 8. The van der Waals surface area contributed by atoms with Gasteiger partial charge in [0.1, 0.15) is 5.75 Å². The first-order valence-electron chi connectivity index (χ1n) is 7.41. The van der Waals surface area contributed by atoms with E-state index in [9.17, 15) is 4.79 Å². The predicted octanol–water partition coefficient (Wildman–Crippen LogP) is 2.26. The molecule has 0 saturated carbocycles. The van der Waals surface area contributed by atoms with Crippen LogP contribution in [-0.2, 0) is 4.74 Å². The van der Waals surface area contributed by atoms with Crippen LogP contribution in [0.4, 0.5) is 0 Å². The average Bonchev–Trinajstić information content (AvgIpc) is 2.97. The van der Waals surface area contributed by atoms with E-state index in [1.54, 1.807) is 24.3 Å². The zero-order valence-electron chi connectivity index (χ0n) is 12.5. The van der Waals surface area contributed by atoms with Gasteiger partial charge in [-0.25, -0.2) is 4.79 Å². The van der Waals surface area contributed by atoms with Crippen molar-refractivity contribution in [1.29, 1.82) is 0 Å². The van der Waals surface area contributed by atoms with Gasteiger partial charge in [0.15, 0.2) is 0 Å². The van der Waals surface area contributed by atoms with E-state index in [1.807, 2.05) is 0 Å². The molecule has 21 heavy (non-hydrogen) atoms. The van der Waals surface area contributed by atoms with Gasteiger partial charge < -0.3 is 19.5 Å². The molecule has 5 nitrogen and oxygen atoms in total. The third-order valence-corrected chi connectivity index (χ3v) is 3.59. The maximum absolute atomic E-state index is 10.7. The van der Waals surface area contributed by atoms with Crippen LogP contribution in [0.3, 0.4) is 0 Å². The maximum atomic E-state index is 10.7. The van der Waals surface area contributed by atoms with Gasteiger partial charge in [-0.3, -0.25) is 0 Å². The molecule has 0 aliphatic carbocycles. The molecule has 0 radical (unpaired) electrons. The van der Waals surface area contributed by atoms with Crippen molar-refractivity contribution < 1.29 is 19.4 Å². The summed E-state index contributed by atoms with van der Waals surface area (Å²) in [6.45, 7) is 3.47. The molecule has 0 bridgehead atoms. The predicted molar refractivity (Wildman–Crippen MR) is 80.0 cm³/mol. The molecular weight excluding hydrogens is 270 g/mol. The van der Waals surface area contributed by atoms with Gasteiger partial charge in [-0.2, -0.15) is 0 Å². The molecule has 1 aromatic carbocycles. The molecular formula is C16H23NO4. The molecule has 1 fully saturated rings. The summed E-state index contributed by atoms with van der Waals surface area (Å²) in [5.74, 6) is -0.209. The zero-order chi connectivity index (χ0) is 15.1. The van der Waals surface area contributed by atoms with E-state index in [-0.39, 0.29) is 5.56 Å². The number of carboxylic acid groups (broad SMARTS) is 1. The summed E-state index contributed by atoms with van der Waals surface area (Å²) in [4.78, 5) is 13.0. The van der Waals surface area contributed by atoms with Crippen LogP contribution in [0.1, 0.15) is 29.6 Å². The lowest BCUT2D eigenvalue weighted by Gasteiger charge is -2.20. The van der Waals surface area contributed by atoms with E-state index in [0.717, 1.165) is 32.5 Å². The van der Waals surface area contributed by atoms with E-state index in [0.29, 0.717) is 18.5 Å². The first-order valence-corrected chi connectivity index (χ1v) is 7.41. The number of aromatic carboxylic acids is 1. The lowest BCUT2D eigenvalue weighted by molar-refractivity contribution is 0.0696. The molecule has 2 rings (SSSR count). The Morgan fingerprint density at radius 3 is 2.81 bits per heavy atom. The number of benzene rings is 1. The van der Waals surface area contributed by atoms with Gasteiger partial charge in [0, 0.05) is 19.7 Å². The van der Waals surface area contributed by atoms with Gasteiger partial charge in [0.05, 0.1) is 18.3 Å². The molecule has 1 aromatic rings. The summed E-state index contributed by atoms with van der Waals surface area (Å²) < 4.78 is 11.2. The van der Waals surface area contributed by atoms with Crippen LogP contribution in [-0.4, -0.2) is 55.4 Å². The highest BCUT2D eigenvalue weighted by Crippen LogP contribution is 2.14. The van der Waals surface area contributed by atoms with Crippen molar-refractivity contribution in [3.05, 3.63) is 29.8 Å². The van der Waals surface area contributed by atoms with Gasteiger partial charge >= 0.3 is 5.97 Å². The summed E-state index contributed by atoms with van der Waals surface area (Å²) >= 11 is 0. The van der Waals surface area contributed by atoms with Crippen molar-refractivity contribution in [2.24, 2.45) is 0 Å². The van der Waals surface area contributed by atoms with Crippen LogP contribution in [0.25, 0.3) is 0 Å². The molecule has 116 valence electrons. The highest BCUT2D eigenvalue weighted by atomic mass is 16.5. The monoisotopic (exact) mass is 293 g/mol. The summed E-state index contributed by atoms with van der Waals surface area (Å²) in [5.41, 5.74) is 0.277. The second-order valence-corrected chi connectivity index (χ2v) is 5.43. The highest BCUT2D eigenvalue weighted by molar-refractivity contribution is 5.87. The van der Waals surface area contributed by atoms with Crippen LogP contribution in [0.15, 0.2) is 24.3 Å². The molecule has 1 heterocycles. The van der Waals surface area contributed by atoms with E-state index in [2.05, 4.69) is 11.9 Å². The Balaban J connectivity index is 1.61. The second kappa shape index (κ2) is 8.00. The van der Waals surface area contributed by atoms with E-state index in [1.165, 1.54) is 6.42 Å². The number of hydrogen-bond donors (Lipinski definition) is 1. The third kappa shape index (κ3) is 5.36. The Labute approximate surface area is 125 Å². The fourth-order valence-electron chi connectivity index (χ4n) is 2.45. The van der Waals surface area contributed by atoms with Crippen LogP contribution in [0.2, 0.25) is 0 Å². The summed E-state index contributed by atoms with van der Waals surface area (Å²) in [6, 6.07) is 6.50. The van der Waals surface area contributed by atoms with E-state index in [4.69, 9.17) is 14.6 Å². The third-order valence-electron chi connectivity index (χ3n) is 3.59. The molecule has 1 aliphatic rings. The smallest absolute Gasteiger partial charge is 0.335 e. The molecule has 0 spiro atoms. The van der Waals surface area contributed by atoms with Crippen molar-refractivity contribution in [2.45, 2.75) is 25.4 Å². The number of likely N-dealkylation sites (N-methyl/N-ethyl adjacent to an activating group) is 1. The second-order valence-electron chi connectivity index (χ2n) is 5.43. The summed E-state index contributed by atoms with van der Waals surface area (Å²) in [7, 11) is 2.10. The van der Waals surface area contributed by atoms with Crippen molar-refractivity contribution >= 4 is 5.97 Å². The molecule has 0 amide bonds. The maximum Gasteiger partial charge on any atom is 0.335 e. The summed E-state index contributed by atoms with van der Waals surface area (Å²) in [6.07, 6.45) is 3.66. The van der Waals surface area contributed by atoms with Crippen LogP contribution < -0.4 is 4.74 Å². The molecule has 1 aliphatic heterocycles. The molecule has 1 unspecified atom stereocenters. The normalized spacial score (nSPS) is 18.1. The Morgan fingerprint density at radius 1 is 1.43 bits per heavy atom. The number of hydrogen-bond acceptors (Lipinski definition) is 4. The fraction of sp³-hybridized carbons (Fsp3) is 0.562. The minimum absolute atomic E-state index is 0.277. The van der Waals surface area contributed by atoms with Gasteiger partial charge in [0.2, 0.25) is 0 Å². The minimum Gasteiger partial charge on any atom is -0.494 e.